The summed E-state index contributed by atoms with van der Waals surface area (Å²) in [6, 6.07) is 0. The Hall–Kier alpha value is -2.64. The van der Waals surface area contributed by atoms with E-state index in [0.717, 1.165) is 0 Å². The molecule has 0 spiro atoms. The number of aliphatic imine (C=N–C) groups is 1. The van der Waals surface area contributed by atoms with Gasteiger partial charge in [0.2, 0.25) is 0 Å². The number of rotatable bonds is 6. The molecule has 26 heavy (non-hydrogen) atoms. The number of hydrogen-bond acceptors (Lipinski definition) is 6. The molecule has 0 radical (unpaired) electrons. The predicted molar refractivity (Wildman–Crippen MR) is 101 cm³/mol. The molecule has 0 aliphatic carbocycles. The molecular formula is C18H27N5O3. The van der Waals surface area contributed by atoms with Gasteiger partial charge in [-0.25, -0.2) is 4.79 Å². The smallest absolute Gasteiger partial charge is 0.410 e. The van der Waals surface area contributed by atoms with Gasteiger partial charge in [-0.2, -0.15) is 0 Å². The molecule has 1 aromatic rings. The quantitative estimate of drug-likeness (QED) is 0.347. The molecule has 1 unspecified atom stereocenters. The number of hydrogen-bond donors (Lipinski definition) is 2. The molecule has 2 heterocycles. The number of amidine groups is 1. The Labute approximate surface area is 153 Å². The molecule has 0 aromatic carbocycles. The van der Waals surface area contributed by atoms with Gasteiger partial charge in [0.05, 0.1) is 23.0 Å². The minimum Gasteiger partial charge on any atom is -0.444 e. The minimum absolute atomic E-state index is 0.270. The highest BCUT2D eigenvalue weighted by atomic mass is 16.6. The average Bonchev–Trinajstić information content (AvgIpc) is 3.24. The number of aldehydes is 1. The lowest BCUT2D eigenvalue weighted by atomic mass is 10.1. The fourth-order valence-electron chi connectivity index (χ4n) is 2.66. The van der Waals surface area contributed by atoms with E-state index in [0.29, 0.717) is 42.6 Å². The van der Waals surface area contributed by atoms with Crippen molar-refractivity contribution in [2.24, 2.45) is 10.7 Å². The van der Waals surface area contributed by atoms with Gasteiger partial charge in [0, 0.05) is 31.9 Å². The van der Waals surface area contributed by atoms with Crippen LogP contribution in [0.25, 0.3) is 0 Å². The molecule has 1 aliphatic rings. The van der Waals surface area contributed by atoms with Crippen LogP contribution in [0.1, 0.15) is 50.0 Å². The Bertz CT molecular complexity index is 726. The van der Waals surface area contributed by atoms with Gasteiger partial charge in [0.15, 0.2) is 6.29 Å². The van der Waals surface area contributed by atoms with Crippen molar-refractivity contribution < 1.29 is 14.3 Å². The summed E-state index contributed by atoms with van der Waals surface area (Å²) >= 11 is 0. The van der Waals surface area contributed by atoms with Gasteiger partial charge < -0.3 is 15.8 Å². The Morgan fingerprint density at radius 1 is 1.50 bits per heavy atom. The first-order valence-corrected chi connectivity index (χ1v) is 8.53. The number of nitrogens with zero attached hydrogens (tertiary/aromatic N) is 3. The lowest BCUT2D eigenvalue weighted by molar-refractivity contribution is 0.0382. The van der Waals surface area contributed by atoms with Crippen LogP contribution in [0.3, 0.4) is 0 Å². The lowest BCUT2D eigenvalue weighted by Gasteiger charge is -2.21. The highest BCUT2D eigenvalue weighted by molar-refractivity contribution is 6.07. The zero-order chi connectivity index (χ0) is 19.5. The van der Waals surface area contributed by atoms with Crippen LogP contribution >= 0.6 is 0 Å². The molecule has 3 N–H and O–H groups in total. The third kappa shape index (κ3) is 4.50. The number of nitrogens with two attached hydrogens (primary N) is 1. The summed E-state index contributed by atoms with van der Waals surface area (Å²) in [4.78, 5) is 33.4. The van der Waals surface area contributed by atoms with Crippen LogP contribution in [0, 0.1) is 0 Å². The summed E-state index contributed by atoms with van der Waals surface area (Å²) in [5.41, 5.74) is 6.87. The van der Waals surface area contributed by atoms with E-state index in [-0.39, 0.29) is 17.5 Å². The molecule has 1 aliphatic heterocycles. The average molecular weight is 361 g/mol. The maximum Gasteiger partial charge on any atom is 0.410 e. The molecule has 1 aromatic heterocycles. The molecule has 8 nitrogen and oxygen atoms in total. The van der Waals surface area contributed by atoms with Crippen molar-refractivity contribution in [2.75, 3.05) is 25.5 Å². The van der Waals surface area contributed by atoms with Gasteiger partial charge in [0.1, 0.15) is 11.4 Å². The normalized spacial score (nSPS) is 19.9. The molecule has 142 valence electrons. The van der Waals surface area contributed by atoms with Gasteiger partial charge in [-0.15, -0.1) is 0 Å². The Balaban J connectivity index is 2.01. The first-order chi connectivity index (χ1) is 12.1. The zero-order valence-corrected chi connectivity index (χ0v) is 16.0. The monoisotopic (exact) mass is 361 g/mol. The van der Waals surface area contributed by atoms with Crippen molar-refractivity contribution in [3.63, 3.8) is 0 Å². The standard InChI is InChI=1S/C18H27N5O3/c1-17(2,3)26-16(25)23-11-18(23,4)6-7-22-15(19)14-12(10-24)8-21-9-13(14)20-5/h8-10,20H,6-7,11H2,1-5H3,(H2,19,22). The predicted octanol–water partition coefficient (Wildman–Crippen LogP) is 2.04. The first kappa shape index (κ1) is 19.7. The fourth-order valence-corrected chi connectivity index (χ4v) is 2.66. The van der Waals surface area contributed by atoms with Gasteiger partial charge in [-0.3, -0.25) is 19.7 Å². The van der Waals surface area contributed by atoms with E-state index in [1.807, 2.05) is 27.7 Å². The molecular weight excluding hydrogens is 334 g/mol. The van der Waals surface area contributed by atoms with Crippen molar-refractivity contribution in [3.05, 3.63) is 23.5 Å². The summed E-state index contributed by atoms with van der Waals surface area (Å²) in [5.74, 6) is 0.270. The number of amides is 1. The van der Waals surface area contributed by atoms with Gasteiger partial charge in [-0.1, -0.05) is 0 Å². The van der Waals surface area contributed by atoms with Crippen LogP contribution in [0.2, 0.25) is 0 Å². The summed E-state index contributed by atoms with van der Waals surface area (Å²) in [6.45, 7) is 8.59. The topological polar surface area (TPSA) is 110 Å². The zero-order valence-electron chi connectivity index (χ0n) is 16.0. The van der Waals surface area contributed by atoms with E-state index < -0.39 is 5.60 Å². The first-order valence-electron chi connectivity index (χ1n) is 8.53. The van der Waals surface area contributed by atoms with E-state index in [9.17, 15) is 9.59 Å². The number of carbonyl (C=O) groups is 2. The third-order valence-electron chi connectivity index (χ3n) is 4.22. The lowest BCUT2D eigenvalue weighted by Crippen LogP contribution is -2.30. The summed E-state index contributed by atoms with van der Waals surface area (Å²) in [7, 11) is 1.73. The van der Waals surface area contributed by atoms with Crippen LogP contribution in [0.15, 0.2) is 17.4 Å². The van der Waals surface area contributed by atoms with Gasteiger partial charge in [0.25, 0.3) is 0 Å². The Morgan fingerprint density at radius 2 is 2.19 bits per heavy atom. The number of anilines is 1. The fraction of sp³-hybridized carbons (Fsp3) is 0.556. The molecule has 1 atom stereocenters. The molecule has 0 bridgehead atoms. The van der Waals surface area contributed by atoms with Crippen LogP contribution in [-0.2, 0) is 4.74 Å². The maximum absolute atomic E-state index is 12.1. The molecule has 2 rings (SSSR count). The highest BCUT2D eigenvalue weighted by Crippen LogP contribution is 2.36. The van der Waals surface area contributed by atoms with Crippen LogP contribution < -0.4 is 11.1 Å². The van der Waals surface area contributed by atoms with Gasteiger partial charge >= 0.3 is 6.09 Å². The second kappa shape index (κ2) is 7.31. The second-order valence-electron chi connectivity index (χ2n) is 7.60. The van der Waals surface area contributed by atoms with Crippen molar-refractivity contribution >= 4 is 23.9 Å². The minimum atomic E-state index is -0.515. The largest absolute Gasteiger partial charge is 0.444 e. The van der Waals surface area contributed by atoms with E-state index in [2.05, 4.69) is 15.3 Å². The molecule has 1 amide bonds. The van der Waals surface area contributed by atoms with E-state index in [1.54, 1.807) is 18.1 Å². The van der Waals surface area contributed by atoms with Crippen molar-refractivity contribution in [2.45, 2.75) is 45.3 Å². The highest BCUT2D eigenvalue weighted by Gasteiger charge is 2.52. The Kier molecular flexibility index (Phi) is 5.53. The number of carbonyl (C=O) groups excluding carboxylic acids is 2. The molecule has 0 saturated carbocycles. The number of pyridine rings is 1. The van der Waals surface area contributed by atoms with Crippen molar-refractivity contribution in [3.8, 4) is 0 Å². The van der Waals surface area contributed by atoms with E-state index in [1.165, 1.54) is 6.20 Å². The third-order valence-corrected chi connectivity index (χ3v) is 4.22. The number of ether oxygens (including phenoxy) is 1. The van der Waals surface area contributed by atoms with Crippen LogP contribution in [-0.4, -0.2) is 59.4 Å². The molecule has 1 fully saturated rings. The Morgan fingerprint density at radius 3 is 2.77 bits per heavy atom. The SMILES string of the molecule is CNc1cncc(C=O)c1C(N)=NCCC1(C)CN1C(=O)OC(C)(C)C. The molecule has 1 saturated heterocycles. The molecule has 8 heteroatoms. The number of aromatic nitrogens is 1. The van der Waals surface area contributed by atoms with Gasteiger partial charge in [-0.05, 0) is 34.1 Å². The van der Waals surface area contributed by atoms with Crippen molar-refractivity contribution in [1.29, 1.82) is 0 Å². The van der Waals surface area contributed by atoms with E-state index in [4.69, 9.17) is 10.5 Å². The van der Waals surface area contributed by atoms with Crippen LogP contribution in [0.4, 0.5) is 10.5 Å². The second-order valence-corrected chi connectivity index (χ2v) is 7.60. The maximum atomic E-state index is 12.1. The summed E-state index contributed by atoms with van der Waals surface area (Å²) < 4.78 is 5.39. The van der Waals surface area contributed by atoms with E-state index >= 15 is 0 Å². The van der Waals surface area contributed by atoms with Crippen molar-refractivity contribution in [1.82, 2.24) is 9.88 Å². The summed E-state index contributed by atoms with van der Waals surface area (Å²) in [5, 5.41) is 2.96. The number of nitrogens with one attached hydrogen (secondary N) is 1. The van der Waals surface area contributed by atoms with Crippen LogP contribution in [0.5, 0.6) is 0 Å². The summed E-state index contributed by atoms with van der Waals surface area (Å²) in [6.07, 6.45) is 4.10.